The lowest BCUT2D eigenvalue weighted by Gasteiger charge is -2.25. The summed E-state index contributed by atoms with van der Waals surface area (Å²) in [5, 5.41) is 3.29. The fraction of sp³-hybridized carbons (Fsp3) is 0.625. The fourth-order valence-corrected chi connectivity index (χ4v) is 2.55. The quantitative estimate of drug-likeness (QED) is 0.825. The monoisotopic (exact) mass is 244 g/mol. The van der Waals surface area contributed by atoms with Gasteiger partial charge in [-0.15, -0.1) is 0 Å². The molecule has 2 heteroatoms. The van der Waals surface area contributed by atoms with Gasteiger partial charge in [-0.2, -0.15) is 0 Å². The van der Waals surface area contributed by atoms with Crippen LogP contribution in [0.25, 0.3) is 0 Å². The van der Waals surface area contributed by atoms with Gasteiger partial charge in [0.2, 0.25) is 0 Å². The van der Waals surface area contributed by atoms with Crippen LogP contribution >= 0.6 is 0 Å². The van der Waals surface area contributed by atoms with E-state index in [0.717, 1.165) is 12.0 Å². The average molecular weight is 244 g/mol. The molecule has 1 unspecified atom stereocenters. The first-order chi connectivity index (χ1) is 8.78. The van der Waals surface area contributed by atoms with Crippen molar-refractivity contribution in [2.24, 2.45) is 5.92 Å². The summed E-state index contributed by atoms with van der Waals surface area (Å²) < 4.78 is 0. The Bertz CT molecular complexity index is 390. The van der Waals surface area contributed by atoms with E-state index in [1.54, 1.807) is 0 Å². The zero-order valence-electron chi connectivity index (χ0n) is 11.5. The van der Waals surface area contributed by atoms with Crippen molar-refractivity contribution in [2.45, 2.75) is 44.7 Å². The highest BCUT2D eigenvalue weighted by atomic mass is 15.2. The van der Waals surface area contributed by atoms with E-state index in [1.807, 2.05) is 7.05 Å². The van der Waals surface area contributed by atoms with Gasteiger partial charge in [0.1, 0.15) is 0 Å². The maximum Gasteiger partial charge on any atom is 0.0369 e. The minimum atomic E-state index is 0.442. The fourth-order valence-electron chi connectivity index (χ4n) is 2.55. The Morgan fingerprint density at radius 2 is 1.83 bits per heavy atom. The molecule has 0 aliphatic heterocycles. The van der Waals surface area contributed by atoms with Crippen molar-refractivity contribution >= 4 is 5.69 Å². The number of benzene rings is 1. The van der Waals surface area contributed by atoms with E-state index in [1.165, 1.54) is 43.5 Å². The number of hydrogen-bond acceptors (Lipinski definition) is 2. The van der Waals surface area contributed by atoms with Gasteiger partial charge >= 0.3 is 0 Å². The molecule has 0 saturated heterocycles. The van der Waals surface area contributed by atoms with Crippen molar-refractivity contribution in [3.8, 4) is 0 Å². The van der Waals surface area contributed by atoms with Crippen LogP contribution in [0.15, 0.2) is 24.3 Å². The second-order valence-corrected chi connectivity index (χ2v) is 5.93. The molecule has 3 rings (SSSR count). The predicted molar refractivity (Wildman–Crippen MR) is 77.0 cm³/mol. The molecule has 18 heavy (non-hydrogen) atoms. The standard InChI is InChI=1S/C16H24N2/c1-12(17-2)14-5-7-15(8-6-14)18(16-9-10-16)11-13-3-4-13/h5-8,12-13,16-17H,3-4,9-11H2,1-2H3. The Balaban J connectivity index is 1.72. The van der Waals surface area contributed by atoms with Gasteiger partial charge in [0.05, 0.1) is 0 Å². The van der Waals surface area contributed by atoms with Crippen LogP contribution in [0.1, 0.15) is 44.2 Å². The summed E-state index contributed by atoms with van der Waals surface area (Å²) in [5.74, 6) is 0.974. The molecule has 0 aromatic heterocycles. The van der Waals surface area contributed by atoms with E-state index in [0.29, 0.717) is 6.04 Å². The first-order valence-electron chi connectivity index (χ1n) is 7.32. The summed E-state index contributed by atoms with van der Waals surface area (Å²) in [6.07, 6.45) is 5.67. The highest BCUT2D eigenvalue weighted by molar-refractivity contribution is 5.50. The lowest BCUT2D eigenvalue weighted by Crippen LogP contribution is -2.28. The Morgan fingerprint density at radius 3 is 2.33 bits per heavy atom. The van der Waals surface area contributed by atoms with E-state index in [9.17, 15) is 0 Å². The zero-order valence-corrected chi connectivity index (χ0v) is 11.5. The van der Waals surface area contributed by atoms with Crippen LogP contribution in [0.3, 0.4) is 0 Å². The van der Waals surface area contributed by atoms with Crippen molar-refractivity contribution in [2.75, 3.05) is 18.5 Å². The molecule has 1 aromatic carbocycles. The third kappa shape index (κ3) is 2.69. The van der Waals surface area contributed by atoms with Crippen molar-refractivity contribution in [1.82, 2.24) is 5.32 Å². The molecule has 1 aromatic rings. The summed E-state index contributed by atoms with van der Waals surface area (Å²) in [6.45, 7) is 3.49. The van der Waals surface area contributed by atoms with Crippen LogP contribution in [0.4, 0.5) is 5.69 Å². The largest absolute Gasteiger partial charge is 0.368 e. The Morgan fingerprint density at radius 1 is 1.17 bits per heavy atom. The van der Waals surface area contributed by atoms with Crippen LogP contribution in [0.2, 0.25) is 0 Å². The normalized spacial score (nSPS) is 20.8. The minimum Gasteiger partial charge on any atom is -0.368 e. The third-order valence-corrected chi connectivity index (χ3v) is 4.30. The summed E-state index contributed by atoms with van der Waals surface area (Å²) in [6, 6.07) is 10.4. The molecule has 2 aliphatic carbocycles. The van der Waals surface area contributed by atoms with Gasteiger partial charge in [-0.25, -0.2) is 0 Å². The molecular formula is C16H24N2. The summed E-state index contributed by atoms with van der Waals surface area (Å²) in [5.41, 5.74) is 2.81. The van der Waals surface area contributed by atoms with Crippen LogP contribution in [-0.4, -0.2) is 19.6 Å². The molecule has 2 fully saturated rings. The number of nitrogens with zero attached hydrogens (tertiary/aromatic N) is 1. The first kappa shape index (κ1) is 12.0. The summed E-state index contributed by atoms with van der Waals surface area (Å²) in [4.78, 5) is 2.64. The predicted octanol–water partition coefficient (Wildman–Crippen LogP) is 3.35. The Labute approximate surface area is 110 Å². The number of hydrogen-bond donors (Lipinski definition) is 1. The van der Waals surface area contributed by atoms with E-state index < -0.39 is 0 Å². The van der Waals surface area contributed by atoms with Crippen LogP contribution < -0.4 is 10.2 Å². The molecule has 0 spiro atoms. The van der Waals surface area contributed by atoms with Gasteiger partial charge in [0.15, 0.2) is 0 Å². The average Bonchev–Trinajstić information content (AvgIpc) is 3.28. The SMILES string of the molecule is CNC(C)c1ccc(N(CC2CC2)C2CC2)cc1. The van der Waals surface area contributed by atoms with Gasteiger partial charge in [-0.05, 0) is 63.3 Å². The van der Waals surface area contributed by atoms with Crippen LogP contribution in [-0.2, 0) is 0 Å². The maximum atomic E-state index is 3.29. The number of nitrogens with one attached hydrogen (secondary N) is 1. The topological polar surface area (TPSA) is 15.3 Å². The lowest BCUT2D eigenvalue weighted by molar-refractivity contribution is 0.651. The van der Waals surface area contributed by atoms with Crippen LogP contribution in [0, 0.1) is 5.92 Å². The van der Waals surface area contributed by atoms with Crippen molar-refractivity contribution in [1.29, 1.82) is 0 Å². The van der Waals surface area contributed by atoms with E-state index in [-0.39, 0.29) is 0 Å². The van der Waals surface area contributed by atoms with Crippen LogP contribution in [0.5, 0.6) is 0 Å². The van der Waals surface area contributed by atoms with E-state index >= 15 is 0 Å². The van der Waals surface area contributed by atoms with Gasteiger partial charge in [0.25, 0.3) is 0 Å². The van der Waals surface area contributed by atoms with Crippen molar-refractivity contribution < 1.29 is 0 Å². The lowest BCUT2D eigenvalue weighted by atomic mass is 10.1. The van der Waals surface area contributed by atoms with Gasteiger partial charge in [0, 0.05) is 24.3 Å². The molecule has 1 atom stereocenters. The molecular weight excluding hydrogens is 220 g/mol. The molecule has 0 heterocycles. The highest BCUT2D eigenvalue weighted by Crippen LogP contribution is 2.37. The summed E-state index contributed by atoms with van der Waals surface area (Å²) >= 11 is 0. The van der Waals surface area contributed by atoms with Gasteiger partial charge in [-0.1, -0.05) is 12.1 Å². The van der Waals surface area contributed by atoms with Gasteiger partial charge in [-0.3, -0.25) is 0 Å². The summed E-state index contributed by atoms with van der Waals surface area (Å²) in [7, 11) is 2.02. The Hall–Kier alpha value is -1.02. The molecule has 2 saturated carbocycles. The zero-order chi connectivity index (χ0) is 12.5. The van der Waals surface area contributed by atoms with Gasteiger partial charge < -0.3 is 10.2 Å². The minimum absolute atomic E-state index is 0.442. The molecule has 0 radical (unpaired) electrons. The van der Waals surface area contributed by atoms with E-state index in [2.05, 4.69) is 41.4 Å². The second-order valence-electron chi connectivity index (χ2n) is 5.93. The van der Waals surface area contributed by atoms with Crippen molar-refractivity contribution in [3.63, 3.8) is 0 Å². The molecule has 1 N–H and O–H groups in total. The molecule has 0 bridgehead atoms. The Kier molecular flexibility index (Phi) is 3.29. The number of anilines is 1. The molecule has 0 amide bonds. The van der Waals surface area contributed by atoms with Crippen molar-refractivity contribution in [3.05, 3.63) is 29.8 Å². The molecule has 98 valence electrons. The van der Waals surface area contributed by atoms with E-state index in [4.69, 9.17) is 0 Å². The highest BCUT2D eigenvalue weighted by Gasteiger charge is 2.33. The molecule has 2 nitrogen and oxygen atoms in total. The maximum absolute atomic E-state index is 3.29. The smallest absolute Gasteiger partial charge is 0.0369 e. The molecule has 2 aliphatic rings. The first-order valence-corrected chi connectivity index (χ1v) is 7.32. The second kappa shape index (κ2) is 4.93. The number of rotatable bonds is 6. The third-order valence-electron chi connectivity index (χ3n) is 4.30.